The number of aliphatic carboxylic acids is 1. The second-order valence-corrected chi connectivity index (χ2v) is 4.01. The molecule has 0 aliphatic heterocycles. The van der Waals surface area contributed by atoms with E-state index in [2.05, 4.69) is 6.58 Å². The number of hydrogen-bond donors (Lipinski definition) is 1. The highest BCUT2D eigenvalue weighted by molar-refractivity contribution is 5.69. The maximum Gasteiger partial charge on any atom is 0.416 e. The minimum absolute atomic E-state index is 0.0538. The monoisotopic (exact) mass is 273 g/mol. The molecule has 0 heterocycles. The van der Waals surface area contributed by atoms with Crippen LogP contribution in [0.5, 0.6) is 0 Å². The van der Waals surface area contributed by atoms with E-state index in [1.807, 2.05) is 0 Å². The van der Waals surface area contributed by atoms with Crippen LogP contribution in [0.3, 0.4) is 0 Å². The van der Waals surface area contributed by atoms with Gasteiger partial charge < -0.3 is 5.11 Å². The van der Waals surface area contributed by atoms with Crippen molar-refractivity contribution < 1.29 is 23.1 Å². The zero-order valence-corrected chi connectivity index (χ0v) is 10.2. The number of carboxylic acid groups (broad SMARTS) is 1. The van der Waals surface area contributed by atoms with Crippen molar-refractivity contribution in [2.75, 3.05) is 13.1 Å². The van der Waals surface area contributed by atoms with Gasteiger partial charge in [0.15, 0.2) is 0 Å². The van der Waals surface area contributed by atoms with Gasteiger partial charge in [0.05, 0.1) is 12.1 Å². The minimum Gasteiger partial charge on any atom is -0.480 e. The van der Waals surface area contributed by atoms with E-state index in [1.54, 1.807) is 0 Å². The summed E-state index contributed by atoms with van der Waals surface area (Å²) in [6.07, 6.45) is -2.99. The van der Waals surface area contributed by atoms with Crippen LogP contribution in [-0.4, -0.2) is 29.1 Å². The van der Waals surface area contributed by atoms with Crippen molar-refractivity contribution in [3.05, 3.63) is 48.0 Å². The molecule has 0 aliphatic rings. The molecule has 6 heteroatoms. The zero-order chi connectivity index (χ0) is 14.5. The van der Waals surface area contributed by atoms with Crippen LogP contribution in [-0.2, 0) is 17.5 Å². The first-order valence-electron chi connectivity index (χ1n) is 5.54. The molecule has 1 N–H and O–H groups in total. The predicted octanol–water partition coefficient (Wildman–Crippen LogP) is 2.78. The van der Waals surface area contributed by atoms with Crippen molar-refractivity contribution in [1.82, 2.24) is 4.90 Å². The first-order valence-corrected chi connectivity index (χ1v) is 5.54. The van der Waals surface area contributed by atoms with Crippen molar-refractivity contribution in [3.8, 4) is 0 Å². The molecule has 0 aromatic heterocycles. The lowest BCUT2D eigenvalue weighted by Gasteiger charge is -2.21. The average molecular weight is 273 g/mol. The zero-order valence-electron chi connectivity index (χ0n) is 10.2. The van der Waals surface area contributed by atoms with Gasteiger partial charge in [0, 0.05) is 13.1 Å². The Bertz CT molecular complexity index is 457. The largest absolute Gasteiger partial charge is 0.480 e. The van der Waals surface area contributed by atoms with E-state index >= 15 is 0 Å². The first-order chi connectivity index (χ1) is 8.84. The van der Waals surface area contributed by atoms with E-state index in [0.29, 0.717) is 0 Å². The fourth-order valence-electron chi connectivity index (χ4n) is 1.73. The van der Waals surface area contributed by atoms with Crippen LogP contribution in [0.25, 0.3) is 0 Å². The summed E-state index contributed by atoms with van der Waals surface area (Å²) in [6.45, 7) is 3.25. The Kier molecular flexibility index (Phi) is 5.11. The van der Waals surface area contributed by atoms with E-state index in [0.717, 1.165) is 6.07 Å². The maximum atomic E-state index is 12.8. The van der Waals surface area contributed by atoms with Gasteiger partial charge in [0.1, 0.15) is 0 Å². The van der Waals surface area contributed by atoms with E-state index in [4.69, 9.17) is 5.11 Å². The molecule has 0 spiro atoms. The fraction of sp³-hybridized carbons (Fsp3) is 0.308. The van der Waals surface area contributed by atoms with Gasteiger partial charge in [-0.15, -0.1) is 6.58 Å². The lowest BCUT2D eigenvalue weighted by Crippen LogP contribution is -2.30. The second-order valence-electron chi connectivity index (χ2n) is 4.01. The third kappa shape index (κ3) is 4.75. The summed E-state index contributed by atoms with van der Waals surface area (Å²) in [6, 6.07) is 5.14. The molecule has 0 saturated heterocycles. The minimum atomic E-state index is -4.44. The van der Waals surface area contributed by atoms with E-state index in [1.165, 1.54) is 29.2 Å². The molecule has 1 rings (SSSR count). The van der Waals surface area contributed by atoms with Crippen LogP contribution < -0.4 is 0 Å². The lowest BCUT2D eigenvalue weighted by molar-refractivity contribution is -0.138. The highest BCUT2D eigenvalue weighted by Gasteiger charge is 2.33. The molecular formula is C13H14F3NO2. The molecule has 19 heavy (non-hydrogen) atoms. The van der Waals surface area contributed by atoms with Crippen molar-refractivity contribution in [2.45, 2.75) is 12.7 Å². The smallest absolute Gasteiger partial charge is 0.416 e. The topological polar surface area (TPSA) is 40.5 Å². The van der Waals surface area contributed by atoms with Gasteiger partial charge in [-0.1, -0.05) is 24.3 Å². The molecule has 104 valence electrons. The molecule has 0 atom stereocenters. The SMILES string of the molecule is C=CCN(CC(=O)O)Cc1ccccc1C(F)(F)F. The Morgan fingerprint density at radius 2 is 2.00 bits per heavy atom. The van der Waals surface area contributed by atoms with Crippen molar-refractivity contribution >= 4 is 5.97 Å². The van der Waals surface area contributed by atoms with Gasteiger partial charge in [0.25, 0.3) is 0 Å². The lowest BCUT2D eigenvalue weighted by atomic mass is 10.1. The van der Waals surface area contributed by atoms with E-state index < -0.39 is 17.7 Å². The highest BCUT2D eigenvalue weighted by Crippen LogP contribution is 2.32. The Balaban J connectivity index is 2.96. The van der Waals surface area contributed by atoms with Crippen molar-refractivity contribution in [3.63, 3.8) is 0 Å². The van der Waals surface area contributed by atoms with Gasteiger partial charge in [-0.25, -0.2) is 0 Å². The number of benzene rings is 1. The summed E-state index contributed by atoms with van der Waals surface area (Å²) in [4.78, 5) is 12.0. The molecular weight excluding hydrogens is 259 g/mol. The molecule has 0 unspecified atom stereocenters. The van der Waals surface area contributed by atoms with Gasteiger partial charge in [-0.3, -0.25) is 9.69 Å². The van der Waals surface area contributed by atoms with Gasteiger partial charge in [0.2, 0.25) is 0 Å². The van der Waals surface area contributed by atoms with Gasteiger partial charge >= 0.3 is 12.1 Å². The molecule has 0 fully saturated rings. The molecule has 0 saturated carbocycles. The Labute approximate surface area is 109 Å². The van der Waals surface area contributed by atoms with Crippen LogP contribution in [0.1, 0.15) is 11.1 Å². The Hall–Kier alpha value is -1.82. The Morgan fingerprint density at radius 3 is 2.53 bits per heavy atom. The Morgan fingerprint density at radius 1 is 1.37 bits per heavy atom. The number of carboxylic acids is 1. The van der Waals surface area contributed by atoms with Crippen LogP contribution in [0, 0.1) is 0 Å². The first kappa shape index (κ1) is 15.2. The summed E-state index contributed by atoms with van der Waals surface area (Å²) in [5.41, 5.74) is -0.687. The summed E-state index contributed by atoms with van der Waals surface area (Å²) in [5, 5.41) is 8.72. The quantitative estimate of drug-likeness (QED) is 0.810. The number of carbonyl (C=O) groups is 1. The average Bonchev–Trinajstić information content (AvgIpc) is 2.27. The molecule has 0 aliphatic carbocycles. The number of rotatable bonds is 6. The van der Waals surface area contributed by atoms with Gasteiger partial charge in [-0.2, -0.15) is 13.2 Å². The molecule has 0 bridgehead atoms. The number of halogens is 3. The second kappa shape index (κ2) is 6.38. The van der Waals surface area contributed by atoms with E-state index in [-0.39, 0.29) is 25.2 Å². The predicted molar refractivity (Wildman–Crippen MR) is 64.6 cm³/mol. The number of alkyl halides is 3. The molecule has 0 radical (unpaired) electrons. The van der Waals surface area contributed by atoms with E-state index in [9.17, 15) is 18.0 Å². The molecule has 1 aromatic carbocycles. The van der Waals surface area contributed by atoms with Crippen LogP contribution >= 0.6 is 0 Å². The summed E-state index contributed by atoms with van der Waals surface area (Å²) < 4.78 is 38.4. The third-order valence-electron chi connectivity index (χ3n) is 2.46. The maximum absolute atomic E-state index is 12.8. The van der Waals surface area contributed by atoms with Crippen LogP contribution in [0.4, 0.5) is 13.2 Å². The molecule has 1 aromatic rings. The van der Waals surface area contributed by atoms with Crippen molar-refractivity contribution in [2.24, 2.45) is 0 Å². The molecule has 0 amide bonds. The normalized spacial score (nSPS) is 11.6. The summed E-state index contributed by atoms with van der Waals surface area (Å²) in [7, 11) is 0. The van der Waals surface area contributed by atoms with Crippen LogP contribution in [0.2, 0.25) is 0 Å². The van der Waals surface area contributed by atoms with Crippen molar-refractivity contribution in [1.29, 1.82) is 0 Å². The number of nitrogens with zero attached hydrogens (tertiary/aromatic N) is 1. The van der Waals surface area contributed by atoms with Gasteiger partial charge in [-0.05, 0) is 11.6 Å². The fourth-order valence-corrected chi connectivity index (χ4v) is 1.73. The standard InChI is InChI=1S/C13H14F3NO2/c1-2-7-17(9-12(18)19)8-10-5-3-4-6-11(10)13(14,15)16/h2-6H,1,7-9H2,(H,18,19). The van der Waals surface area contributed by atoms with Crippen LogP contribution in [0.15, 0.2) is 36.9 Å². The summed E-state index contributed by atoms with van der Waals surface area (Å²) in [5.74, 6) is -1.09. The molecule has 3 nitrogen and oxygen atoms in total. The third-order valence-corrected chi connectivity index (χ3v) is 2.46. The number of hydrogen-bond acceptors (Lipinski definition) is 2. The highest BCUT2D eigenvalue weighted by atomic mass is 19.4. The summed E-state index contributed by atoms with van der Waals surface area (Å²) >= 11 is 0.